The highest BCUT2D eigenvalue weighted by atomic mass is 32.3. The van der Waals surface area contributed by atoms with Crippen molar-refractivity contribution < 1.29 is 56.2 Å². The average molecular weight is 981 g/mol. The topological polar surface area (TPSA) is 178 Å². The Morgan fingerprint density at radius 3 is 1.49 bits per heavy atom. The van der Waals surface area contributed by atoms with Crippen LogP contribution in [0, 0.1) is 0 Å². The zero-order chi connectivity index (χ0) is 49.6. The van der Waals surface area contributed by atoms with E-state index >= 15 is 0 Å². The molecule has 0 aromatic carbocycles. The van der Waals surface area contributed by atoms with Gasteiger partial charge in [-0.25, -0.2) is 4.18 Å². The highest BCUT2D eigenvalue weighted by Crippen LogP contribution is 2.26. The van der Waals surface area contributed by atoms with Crippen LogP contribution in [0.15, 0.2) is 72.9 Å². The summed E-state index contributed by atoms with van der Waals surface area (Å²) >= 11 is 0. The van der Waals surface area contributed by atoms with Crippen LogP contribution in [-0.4, -0.2) is 97.5 Å². The van der Waals surface area contributed by atoms with Gasteiger partial charge in [-0.05, 0) is 83.5 Å². The lowest BCUT2D eigenvalue weighted by Crippen LogP contribution is -2.60. The number of hydrogen-bond donors (Lipinski definition) is 4. The van der Waals surface area contributed by atoms with E-state index in [4.69, 9.17) is 18.9 Å². The van der Waals surface area contributed by atoms with Gasteiger partial charge in [0.2, 0.25) is 0 Å². The van der Waals surface area contributed by atoms with Crippen molar-refractivity contribution in [1.29, 1.82) is 0 Å². The van der Waals surface area contributed by atoms with E-state index in [1.165, 1.54) is 96.3 Å². The van der Waals surface area contributed by atoms with E-state index in [2.05, 4.69) is 90.9 Å². The summed E-state index contributed by atoms with van der Waals surface area (Å²) in [6, 6.07) is 0. The summed E-state index contributed by atoms with van der Waals surface area (Å²) in [5.41, 5.74) is 0. The first-order chi connectivity index (χ1) is 33.1. The molecule has 0 aliphatic carbocycles. The molecule has 0 aromatic heterocycles. The summed E-state index contributed by atoms with van der Waals surface area (Å²) in [5, 5.41) is 30.8. The second-order valence-corrected chi connectivity index (χ2v) is 19.1. The van der Waals surface area contributed by atoms with E-state index in [9.17, 15) is 33.1 Å². The maximum atomic E-state index is 12.9. The third kappa shape index (κ3) is 38.3. The number of rotatable bonds is 46. The second kappa shape index (κ2) is 45.7. The Balaban J connectivity index is 2.32. The predicted molar refractivity (Wildman–Crippen MR) is 276 cm³/mol. The molecule has 0 saturated carbocycles. The molecule has 1 aliphatic rings. The molecule has 1 aliphatic heterocycles. The summed E-state index contributed by atoms with van der Waals surface area (Å²) in [5.74, 6) is -0.418. The van der Waals surface area contributed by atoms with Crippen LogP contribution in [0.5, 0.6) is 0 Å². The molecule has 68 heavy (non-hydrogen) atoms. The minimum atomic E-state index is -5.07. The Kier molecular flexibility index (Phi) is 42.7. The number of esters is 1. The van der Waals surface area contributed by atoms with Gasteiger partial charge in [-0.15, -0.1) is 0 Å². The van der Waals surface area contributed by atoms with Gasteiger partial charge in [-0.2, -0.15) is 8.42 Å². The molecular weight excluding hydrogens is 885 g/mol. The van der Waals surface area contributed by atoms with Crippen molar-refractivity contribution in [3.63, 3.8) is 0 Å². The first-order valence-electron chi connectivity index (χ1n) is 26.7. The van der Waals surface area contributed by atoms with Crippen molar-refractivity contribution in [2.45, 2.75) is 243 Å². The molecular formula is C55H96O12S. The van der Waals surface area contributed by atoms with Gasteiger partial charge in [0, 0.05) is 13.0 Å². The second-order valence-electron chi connectivity index (χ2n) is 18.1. The zero-order valence-corrected chi connectivity index (χ0v) is 43.2. The maximum Gasteiger partial charge on any atom is 0.397 e. The van der Waals surface area contributed by atoms with Crippen molar-refractivity contribution in [3.05, 3.63) is 72.9 Å². The number of allylic oxidation sites excluding steroid dienone is 12. The van der Waals surface area contributed by atoms with Gasteiger partial charge >= 0.3 is 16.4 Å². The summed E-state index contributed by atoms with van der Waals surface area (Å²) in [4.78, 5) is 12.9. The molecule has 394 valence electrons. The summed E-state index contributed by atoms with van der Waals surface area (Å²) in [6.07, 6.45) is 50.8. The van der Waals surface area contributed by atoms with Crippen molar-refractivity contribution in [1.82, 2.24) is 0 Å². The lowest BCUT2D eigenvalue weighted by Gasteiger charge is -2.41. The molecule has 4 N–H and O–H groups in total. The Bertz CT molecular complexity index is 1460. The fourth-order valence-electron chi connectivity index (χ4n) is 7.81. The van der Waals surface area contributed by atoms with Crippen molar-refractivity contribution in [2.75, 3.05) is 26.4 Å². The lowest BCUT2D eigenvalue weighted by atomic mass is 9.99. The number of carbonyl (C=O) groups is 1. The molecule has 13 heteroatoms. The first kappa shape index (κ1) is 63.6. The molecule has 1 fully saturated rings. The van der Waals surface area contributed by atoms with Crippen molar-refractivity contribution in [3.8, 4) is 0 Å². The van der Waals surface area contributed by atoms with Crippen LogP contribution in [-0.2, 0) is 38.3 Å². The molecule has 0 amide bonds. The van der Waals surface area contributed by atoms with Crippen LogP contribution in [0.25, 0.3) is 0 Å². The molecule has 12 nitrogen and oxygen atoms in total. The van der Waals surface area contributed by atoms with Gasteiger partial charge in [0.05, 0.1) is 19.8 Å². The number of unbranched alkanes of at least 4 members (excludes halogenated alkanes) is 21. The number of hydrogen-bond acceptors (Lipinski definition) is 11. The van der Waals surface area contributed by atoms with Crippen LogP contribution in [0.1, 0.15) is 206 Å². The van der Waals surface area contributed by atoms with E-state index in [-0.39, 0.29) is 19.6 Å². The summed E-state index contributed by atoms with van der Waals surface area (Å²) in [6.45, 7) is 3.84. The van der Waals surface area contributed by atoms with Gasteiger partial charge < -0.3 is 34.3 Å². The average Bonchev–Trinajstić information content (AvgIpc) is 3.31. The lowest BCUT2D eigenvalue weighted by molar-refractivity contribution is -0.301. The van der Waals surface area contributed by atoms with E-state index in [1.54, 1.807) is 0 Å². The van der Waals surface area contributed by atoms with E-state index in [1.807, 2.05) is 0 Å². The van der Waals surface area contributed by atoms with Gasteiger partial charge in [0.25, 0.3) is 0 Å². The normalized spacial score (nSPS) is 19.9. The Hall–Kier alpha value is -2.46. The van der Waals surface area contributed by atoms with Gasteiger partial charge in [-0.3, -0.25) is 9.35 Å². The fourth-order valence-corrected chi connectivity index (χ4v) is 8.32. The molecule has 6 atom stereocenters. The minimum Gasteiger partial charge on any atom is -0.457 e. The molecule has 1 rings (SSSR count). The minimum absolute atomic E-state index is 0.0237. The van der Waals surface area contributed by atoms with Crippen molar-refractivity contribution >= 4 is 16.4 Å². The number of ether oxygens (including phenoxy) is 4. The first-order valence-corrected chi connectivity index (χ1v) is 28.1. The highest BCUT2D eigenvalue weighted by Gasteiger charge is 2.48. The smallest absolute Gasteiger partial charge is 0.397 e. The quantitative estimate of drug-likeness (QED) is 0.0197. The molecule has 1 saturated heterocycles. The summed E-state index contributed by atoms with van der Waals surface area (Å²) in [7, 11) is -5.07. The molecule has 0 radical (unpaired) electrons. The van der Waals surface area contributed by atoms with Crippen molar-refractivity contribution in [2.24, 2.45) is 0 Å². The summed E-state index contributed by atoms with van der Waals surface area (Å²) < 4.78 is 59.3. The molecule has 0 spiro atoms. The van der Waals surface area contributed by atoms with Crippen LogP contribution in [0.3, 0.4) is 0 Å². The molecule has 1 heterocycles. The standard InChI is InChI=1S/C55H96O12S/c1-3-5-7-9-11-13-15-17-19-20-21-22-23-24-25-26-27-28-29-31-33-35-37-39-41-43-45-63-47-49(48-64-55-53(59)54(67-68(60,61)62)52(58)50(46-56)66-55)65-51(57)44-42-40-38-36-34-32-30-18-16-14-12-10-8-6-4-2/h6,8,12,14-15,17-18,20-21,23-24,30,49-50,52-56,58-59H,3-5,7,9-11,13,16,19,22,25-29,31-48H2,1-2H3,(H,60,61,62)/b8-6-,14-12-,17-15-,21-20-,24-23-,30-18-. The fraction of sp³-hybridized carbons (Fsp3) is 0.764. The third-order valence-corrected chi connectivity index (χ3v) is 12.3. The third-order valence-electron chi connectivity index (χ3n) is 11.8. The Morgan fingerprint density at radius 1 is 0.574 bits per heavy atom. The van der Waals surface area contributed by atoms with Crippen LogP contribution < -0.4 is 0 Å². The monoisotopic (exact) mass is 981 g/mol. The molecule has 0 aromatic rings. The Morgan fingerprint density at radius 2 is 1.01 bits per heavy atom. The van der Waals surface area contributed by atoms with Crippen LogP contribution in [0.4, 0.5) is 0 Å². The Labute approximate surface area is 413 Å². The highest BCUT2D eigenvalue weighted by molar-refractivity contribution is 7.80. The van der Waals surface area contributed by atoms with Crippen LogP contribution in [0.2, 0.25) is 0 Å². The predicted octanol–water partition coefficient (Wildman–Crippen LogP) is 12.6. The number of carbonyl (C=O) groups excluding carboxylic acids is 1. The SMILES string of the molecule is CC/C=C\C/C=C\C/C=C\CCCCCCCC(=O)OC(COCCCCCCCCCCCCC/C=C\C/C=C\C/C=C\CCCCCCC)COC1OC(CO)C(O)C(OS(=O)(=O)O)C1O. The zero-order valence-electron chi connectivity index (χ0n) is 42.4. The number of aliphatic hydroxyl groups excluding tert-OH is 3. The van der Waals surface area contributed by atoms with E-state index in [0.29, 0.717) is 13.0 Å². The van der Waals surface area contributed by atoms with Crippen LogP contribution >= 0.6 is 0 Å². The van der Waals surface area contributed by atoms with E-state index in [0.717, 1.165) is 83.5 Å². The molecule has 0 bridgehead atoms. The van der Waals surface area contributed by atoms with Gasteiger partial charge in [0.1, 0.15) is 30.5 Å². The van der Waals surface area contributed by atoms with Gasteiger partial charge in [-0.1, -0.05) is 189 Å². The maximum absolute atomic E-state index is 12.9. The largest absolute Gasteiger partial charge is 0.457 e. The van der Waals surface area contributed by atoms with Gasteiger partial charge in [0.15, 0.2) is 6.29 Å². The van der Waals surface area contributed by atoms with E-state index < -0.39 is 59.8 Å². The molecule has 6 unspecified atom stereocenters. The number of aliphatic hydroxyl groups is 3.